The van der Waals surface area contributed by atoms with Crippen molar-refractivity contribution in [2.45, 2.75) is 25.9 Å². The summed E-state index contributed by atoms with van der Waals surface area (Å²) in [5.74, 6) is 0.550. The number of nitrogens with one attached hydrogen (secondary N) is 1. The second-order valence-corrected chi connectivity index (χ2v) is 2.79. The molecule has 0 spiro atoms. The van der Waals surface area contributed by atoms with Crippen LogP contribution in [0.3, 0.4) is 0 Å². The van der Waals surface area contributed by atoms with Gasteiger partial charge >= 0.3 is 0 Å². The number of methoxy groups -OCH3 is 1. The Labute approximate surface area is 68.9 Å². The number of hydrogen-bond donors (Lipinski definition) is 1. The Bertz CT molecular complexity index is 123. The third-order valence-electron chi connectivity index (χ3n) is 1.62. The number of rotatable bonds is 4. The van der Waals surface area contributed by atoms with Crippen LogP contribution in [0, 0.1) is 5.41 Å². The topological polar surface area (TPSA) is 36.3 Å². The smallest absolute Gasteiger partial charge is 0.125 e. The van der Waals surface area contributed by atoms with Gasteiger partial charge in [0.05, 0.1) is 0 Å². The van der Waals surface area contributed by atoms with E-state index in [4.69, 9.17) is 10.1 Å². The van der Waals surface area contributed by atoms with Crippen LogP contribution in [-0.4, -0.2) is 38.0 Å². The van der Waals surface area contributed by atoms with Crippen molar-refractivity contribution in [3.05, 3.63) is 0 Å². The maximum absolute atomic E-state index is 7.60. The average molecular weight is 158 g/mol. The Balaban J connectivity index is 3.92. The predicted molar refractivity (Wildman–Crippen MR) is 47.1 cm³/mol. The summed E-state index contributed by atoms with van der Waals surface area (Å²) in [6.07, 6.45) is 1.94. The van der Waals surface area contributed by atoms with Gasteiger partial charge in [0.1, 0.15) is 11.9 Å². The van der Waals surface area contributed by atoms with Crippen LogP contribution in [0.25, 0.3) is 0 Å². The quantitative estimate of drug-likeness (QED) is 0.495. The molecule has 66 valence electrons. The van der Waals surface area contributed by atoms with E-state index in [0.717, 1.165) is 12.8 Å². The summed E-state index contributed by atoms with van der Waals surface area (Å²) in [6, 6.07) is 0. The second kappa shape index (κ2) is 5.13. The first kappa shape index (κ1) is 10.4. The molecular weight excluding hydrogens is 140 g/mol. The van der Waals surface area contributed by atoms with Crippen molar-refractivity contribution < 1.29 is 4.74 Å². The third kappa shape index (κ3) is 3.37. The van der Waals surface area contributed by atoms with Crippen molar-refractivity contribution in [2.75, 3.05) is 21.2 Å². The molecule has 0 bridgehead atoms. The fraction of sp³-hybridized carbons (Fsp3) is 0.875. The van der Waals surface area contributed by atoms with Crippen molar-refractivity contribution >= 4 is 5.84 Å². The largest absolute Gasteiger partial charge is 0.374 e. The molecule has 0 aromatic carbocycles. The van der Waals surface area contributed by atoms with E-state index in [0.29, 0.717) is 5.84 Å². The van der Waals surface area contributed by atoms with Crippen LogP contribution < -0.4 is 0 Å². The van der Waals surface area contributed by atoms with E-state index in [1.807, 2.05) is 14.1 Å². The number of hydrogen-bond acceptors (Lipinski definition) is 2. The van der Waals surface area contributed by atoms with Gasteiger partial charge in [-0.25, -0.2) is 0 Å². The molecule has 0 aliphatic carbocycles. The van der Waals surface area contributed by atoms with Crippen molar-refractivity contribution in [3.8, 4) is 0 Å². The second-order valence-electron chi connectivity index (χ2n) is 2.79. The van der Waals surface area contributed by atoms with E-state index in [1.165, 1.54) is 0 Å². The highest BCUT2D eigenvalue weighted by Crippen LogP contribution is 2.03. The zero-order valence-corrected chi connectivity index (χ0v) is 7.85. The lowest BCUT2D eigenvalue weighted by molar-refractivity contribution is 0.138. The van der Waals surface area contributed by atoms with Gasteiger partial charge in [-0.05, 0) is 6.42 Å². The molecule has 0 aromatic heterocycles. The van der Waals surface area contributed by atoms with E-state index in [-0.39, 0.29) is 6.10 Å². The molecule has 1 atom stereocenters. The summed E-state index contributed by atoms with van der Waals surface area (Å²) < 4.78 is 5.15. The summed E-state index contributed by atoms with van der Waals surface area (Å²) in [4.78, 5) is 1.78. The van der Waals surface area contributed by atoms with Crippen LogP contribution in [0.4, 0.5) is 0 Å². The first-order chi connectivity index (χ1) is 5.13. The summed E-state index contributed by atoms with van der Waals surface area (Å²) in [7, 11) is 5.38. The minimum Gasteiger partial charge on any atom is -0.374 e. The lowest BCUT2D eigenvalue weighted by atomic mass is 10.2. The van der Waals surface area contributed by atoms with Gasteiger partial charge in [0.25, 0.3) is 0 Å². The molecule has 0 saturated heterocycles. The molecular formula is C8H18N2O. The van der Waals surface area contributed by atoms with E-state index in [9.17, 15) is 0 Å². The van der Waals surface area contributed by atoms with Gasteiger partial charge in [-0.2, -0.15) is 0 Å². The highest BCUT2D eigenvalue weighted by Gasteiger charge is 2.13. The summed E-state index contributed by atoms with van der Waals surface area (Å²) in [5, 5.41) is 7.60. The highest BCUT2D eigenvalue weighted by atomic mass is 16.5. The zero-order valence-electron chi connectivity index (χ0n) is 7.85. The maximum Gasteiger partial charge on any atom is 0.125 e. The van der Waals surface area contributed by atoms with Crippen LogP contribution in [0.15, 0.2) is 0 Å². The Hall–Kier alpha value is -0.570. The van der Waals surface area contributed by atoms with Gasteiger partial charge in [-0.15, -0.1) is 0 Å². The van der Waals surface area contributed by atoms with Gasteiger partial charge in [-0.3, -0.25) is 5.41 Å². The Morgan fingerprint density at radius 1 is 1.55 bits per heavy atom. The van der Waals surface area contributed by atoms with Crippen LogP contribution in [0.1, 0.15) is 19.8 Å². The minimum absolute atomic E-state index is 0.0324. The predicted octanol–water partition coefficient (Wildman–Crippen LogP) is 1.34. The fourth-order valence-electron chi connectivity index (χ4n) is 0.916. The molecule has 3 nitrogen and oxygen atoms in total. The first-order valence-electron chi connectivity index (χ1n) is 3.92. The summed E-state index contributed by atoms with van der Waals surface area (Å²) >= 11 is 0. The molecule has 0 aliphatic rings. The molecule has 0 amide bonds. The van der Waals surface area contributed by atoms with Gasteiger partial charge in [0.15, 0.2) is 0 Å². The number of ether oxygens (including phenoxy) is 1. The molecule has 1 unspecified atom stereocenters. The van der Waals surface area contributed by atoms with Crippen LogP contribution in [0.5, 0.6) is 0 Å². The molecule has 0 fully saturated rings. The monoisotopic (exact) mass is 158 g/mol. The zero-order chi connectivity index (χ0) is 8.85. The van der Waals surface area contributed by atoms with Gasteiger partial charge in [0.2, 0.25) is 0 Å². The minimum atomic E-state index is -0.0324. The van der Waals surface area contributed by atoms with Crippen molar-refractivity contribution in [1.29, 1.82) is 5.41 Å². The highest BCUT2D eigenvalue weighted by molar-refractivity contribution is 5.83. The van der Waals surface area contributed by atoms with Gasteiger partial charge in [-0.1, -0.05) is 13.3 Å². The van der Waals surface area contributed by atoms with E-state index >= 15 is 0 Å². The molecule has 0 aliphatic heterocycles. The molecule has 0 radical (unpaired) electrons. The Kier molecular flexibility index (Phi) is 4.86. The molecule has 0 heterocycles. The Morgan fingerprint density at radius 3 is 2.36 bits per heavy atom. The maximum atomic E-state index is 7.60. The van der Waals surface area contributed by atoms with Crippen molar-refractivity contribution in [1.82, 2.24) is 4.90 Å². The molecule has 11 heavy (non-hydrogen) atoms. The SMILES string of the molecule is CCCC(OC)C(=N)N(C)C. The fourth-order valence-corrected chi connectivity index (χ4v) is 0.916. The molecule has 0 rings (SSSR count). The summed E-state index contributed by atoms with van der Waals surface area (Å²) in [6.45, 7) is 2.09. The summed E-state index contributed by atoms with van der Waals surface area (Å²) in [5.41, 5.74) is 0. The van der Waals surface area contributed by atoms with E-state index in [1.54, 1.807) is 12.0 Å². The van der Waals surface area contributed by atoms with Crippen LogP contribution in [0.2, 0.25) is 0 Å². The van der Waals surface area contributed by atoms with Crippen LogP contribution in [-0.2, 0) is 4.74 Å². The normalized spacial score (nSPS) is 12.7. The lowest BCUT2D eigenvalue weighted by Gasteiger charge is -2.21. The molecule has 0 aromatic rings. The van der Waals surface area contributed by atoms with E-state index in [2.05, 4.69) is 6.92 Å². The van der Waals surface area contributed by atoms with Crippen molar-refractivity contribution in [2.24, 2.45) is 0 Å². The van der Waals surface area contributed by atoms with E-state index < -0.39 is 0 Å². The average Bonchev–Trinajstić information content (AvgIpc) is 1.98. The van der Waals surface area contributed by atoms with Gasteiger partial charge < -0.3 is 9.64 Å². The standard InChI is InChI=1S/C8H18N2O/c1-5-6-7(11-4)8(9)10(2)3/h7,9H,5-6H2,1-4H3. The molecule has 0 saturated carbocycles. The number of likely N-dealkylation sites (N-methyl/N-ethyl adjacent to an activating group) is 1. The van der Waals surface area contributed by atoms with Crippen LogP contribution >= 0.6 is 0 Å². The third-order valence-corrected chi connectivity index (χ3v) is 1.62. The lowest BCUT2D eigenvalue weighted by Crippen LogP contribution is -2.34. The van der Waals surface area contributed by atoms with Crippen molar-refractivity contribution in [3.63, 3.8) is 0 Å². The number of nitrogens with zero attached hydrogens (tertiary/aromatic N) is 1. The first-order valence-corrected chi connectivity index (χ1v) is 3.92. The number of amidine groups is 1. The van der Waals surface area contributed by atoms with Gasteiger partial charge in [0, 0.05) is 21.2 Å². The molecule has 1 N–H and O–H groups in total. The molecule has 3 heteroatoms. The Morgan fingerprint density at radius 2 is 2.09 bits per heavy atom.